The highest BCUT2D eigenvalue weighted by Crippen LogP contribution is 2.10. The van der Waals surface area contributed by atoms with E-state index in [2.05, 4.69) is 13.8 Å². The molecule has 0 unspecified atom stereocenters. The van der Waals surface area contributed by atoms with Gasteiger partial charge in [0.15, 0.2) is 0 Å². The average Bonchev–Trinajstić information content (AvgIpc) is 3.14. The summed E-state index contributed by atoms with van der Waals surface area (Å²) in [5.74, 6) is 0. The fourth-order valence-corrected chi connectivity index (χ4v) is 4.98. The minimum atomic E-state index is 0.528. The topological polar surface area (TPSA) is 102 Å². The Morgan fingerprint density at radius 2 is 0.294 bits per heavy atom. The molecule has 0 radical (unpaired) electrons. The van der Waals surface area contributed by atoms with Crippen molar-refractivity contribution in [2.24, 2.45) is 0 Å². The Balaban J connectivity index is 3.04. The van der Waals surface area contributed by atoms with E-state index in [0.29, 0.717) is 132 Å². The van der Waals surface area contributed by atoms with Gasteiger partial charge in [0.25, 0.3) is 0 Å². The molecule has 0 aliphatic heterocycles. The van der Waals surface area contributed by atoms with Crippen molar-refractivity contribution in [2.75, 3.05) is 145 Å². The lowest BCUT2D eigenvalue weighted by molar-refractivity contribution is -0.0275. The van der Waals surface area contributed by atoms with Gasteiger partial charge in [-0.15, -0.1) is 0 Å². The molecule has 0 aromatic rings. The van der Waals surface area contributed by atoms with E-state index >= 15 is 0 Å². The summed E-state index contributed by atoms with van der Waals surface area (Å²) < 4.78 is 60.9. The molecule has 0 saturated carbocycles. The van der Waals surface area contributed by atoms with Gasteiger partial charge in [-0.05, 0) is 12.8 Å². The Morgan fingerprint density at radius 3 is 0.471 bits per heavy atom. The van der Waals surface area contributed by atoms with Gasteiger partial charge in [0.2, 0.25) is 0 Å². The van der Waals surface area contributed by atoms with Crippen LogP contribution in [0.5, 0.6) is 0 Å². The lowest BCUT2D eigenvalue weighted by Crippen LogP contribution is -2.15. The molecule has 0 rings (SSSR count). The number of rotatable bonds is 48. The first kappa shape index (κ1) is 50.6. The van der Waals surface area contributed by atoms with Crippen molar-refractivity contribution in [3.63, 3.8) is 0 Å². The summed E-state index contributed by atoms with van der Waals surface area (Å²) in [6, 6.07) is 0. The lowest BCUT2D eigenvalue weighted by Gasteiger charge is -2.09. The van der Waals surface area contributed by atoms with E-state index in [1.165, 1.54) is 89.9 Å². The summed E-state index contributed by atoms with van der Waals surface area (Å²) in [5, 5.41) is 0. The van der Waals surface area contributed by atoms with Gasteiger partial charge in [-0.1, -0.05) is 104 Å². The molecule has 0 aromatic carbocycles. The Kier molecular flexibility index (Phi) is 49.1. The molecule has 0 N–H and O–H groups in total. The molecule has 0 saturated heterocycles. The van der Waals surface area contributed by atoms with Crippen molar-refractivity contribution < 1.29 is 52.1 Å². The van der Waals surface area contributed by atoms with E-state index < -0.39 is 0 Å². The van der Waals surface area contributed by atoms with Crippen molar-refractivity contribution in [3.8, 4) is 0 Å². The minimum absolute atomic E-state index is 0.528. The molecule has 0 fully saturated rings. The molecule has 0 bridgehead atoms. The van der Waals surface area contributed by atoms with Crippen molar-refractivity contribution in [1.29, 1.82) is 0 Å². The van der Waals surface area contributed by atoms with Gasteiger partial charge in [0, 0.05) is 13.2 Å². The monoisotopic (exact) mass is 739 g/mol. The molecule has 0 aliphatic rings. The van der Waals surface area contributed by atoms with Gasteiger partial charge in [0.1, 0.15) is 0 Å². The van der Waals surface area contributed by atoms with E-state index in [0.717, 1.165) is 26.1 Å². The maximum Gasteiger partial charge on any atom is 0.0701 e. The predicted octanol–water partition coefficient (Wildman–Crippen LogP) is 7.45. The van der Waals surface area contributed by atoms with Crippen LogP contribution in [0.15, 0.2) is 0 Å². The first-order valence-corrected chi connectivity index (χ1v) is 20.8. The molecule has 11 nitrogen and oxygen atoms in total. The molecule has 51 heavy (non-hydrogen) atoms. The molecule has 0 spiro atoms. The standard InChI is InChI=1S/C40H82O11/c1-3-5-7-9-11-12-13-14-16-18-20-42-22-24-44-26-28-46-30-32-48-34-36-50-38-40-51-39-37-49-35-33-47-31-29-45-27-25-43-23-21-41-19-17-15-10-8-6-4-2/h3-40H2,1-2H3. The largest absolute Gasteiger partial charge is 0.379 e. The summed E-state index contributed by atoms with van der Waals surface area (Å²) >= 11 is 0. The van der Waals surface area contributed by atoms with Crippen LogP contribution in [0, 0.1) is 0 Å². The zero-order valence-corrected chi connectivity index (χ0v) is 33.4. The van der Waals surface area contributed by atoms with Crippen molar-refractivity contribution in [1.82, 2.24) is 0 Å². The van der Waals surface area contributed by atoms with Gasteiger partial charge < -0.3 is 52.1 Å². The van der Waals surface area contributed by atoms with Gasteiger partial charge in [0.05, 0.1) is 132 Å². The second-order valence-electron chi connectivity index (χ2n) is 12.7. The molecule has 0 amide bonds. The molecule has 308 valence electrons. The molecule has 11 heteroatoms. The van der Waals surface area contributed by atoms with Crippen molar-refractivity contribution in [2.45, 2.75) is 117 Å². The number of hydrogen-bond donors (Lipinski definition) is 0. The summed E-state index contributed by atoms with van der Waals surface area (Å²) in [4.78, 5) is 0. The van der Waals surface area contributed by atoms with Crippen LogP contribution in [-0.4, -0.2) is 145 Å². The number of unbranched alkanes of at least 4 members (excludes halogenated alkanes) is 14. The maximum absolute atomic E-state index is 5.65. The first-order valence-electron chi connectivity index (χ1n) is 20.8. The van der Waals surface area contributed by atoms with Crippen LogP contribution in [0.2, 0.25) is 0 Å². The highest BCUT2D eigenvalue weighted by Gasteiger charge is 1.98. The summed E-state index contributed by atoms with van der Waals surface area (Å²) in [6.45, 7) is 17.4. The Bertz CT molecular complexity index is 541. The molecule has 0 heterocycles. The van der Waals surface area contributed by atoms with E-state index in [1.807, 2.05) is 0 Å². The van der Waals surface area contributed by atoms with Crippen LogP contribution in [0.3, 0.4) is 0 Å². The van der Waals surface area contributed by atoms with E-state index in [1.54, 1.807) is 0 Å². The lowest BCUT2D eigenvalue weighted by atomic mass is 10.1. The molecule has 0 aliphatic carbocycles. The van der Waals surface area contributed by atoms with Crippen LogP contribution in [-0.2, 0) is 52.1 Å². The van der Waals surface area contributed by atoms with Crippen LogP contribution in [0.1, 0.15) is 117 Å². The van der Waals surface area contributed by atoms with Crippen molar-refractivity contribution in [3.05, 3.63) is 0 Å². The number of hydrogen-bond acceptors (Lipinski definition) is 11. The average molecular weight is 739 g/mol. The minimum Gasteiger partial charge on any atom is -0.379 e. The summed E-state index contributed by atoms with van der Waals surface area (Å²) in [7, 11) is 0. The highest BCUT2D eigenvalue weighted by atomic mass is 16.6. The predicted molar refractivity (Wildman–Crippen MR) is 204 cm³/mol. The smallest absolute Gasteiger partial charge is 0.0701 e. The normalized spacial score (nSPS) is 11.6. The quantitative estimate of drug-likeness (QED) is 0.0582. The molecular weight excluding hydrogens is 656 g/mol. The van der Waals surface area contributed by atoms with Crippen LogP contribution >= 0.6 is 0 Å². The fourth-order valence-electron chi connectivity index (χ4n) is 4.98. The number of ether oxygens (including phenoxy) is 11. The molecular formula is C40H82O11. The third-order valence-electron chi connectivity index (χ3n) is 8.00. The van der Waals surface area contributed by atoms with Crippen LogP contribution in [0.25, 0.3) is 0 Å². The fraction of sp³-hybridized carbons (Fsp3) is 1.00. The van der Waals surface area contributed by atoms with E-state index in [4.69, 9.17) is 52.1 Å². The van der Waals surface area contributed by atoms with E-state index in [-0.39, 0.29) is 0 Å². The highest BCUT2D eigenvalue weighted by molar-refractivity contribution is 4.48. The zero-order valence-electron chi connectivity index (χ0n) is 33.4. The van der Waals surface area contributed by atoms with Gasteiger partial charge in [-0.25, -0.2) is 0 Å². The maximum atomic E-state index is 5.65. The SMILES string of the molecule is CCCCCCCCCCCCOCCOCCOCCOCCOCCOCCOCCOCCOCCOCCOCCCCCCCC. The Labute approximate surface area is 313 Å². The third kappa shape index (κ3) is 49.6. The summed E-state index contributed by atoms with van der Waals surface area (Å²) in [6.07, 6.45) is 21.1. The summed E-state index contributed by atoms with van der Waals surface area (Å²) in [5.41, 5.74) is 0. The van der Waals surface area contributed by atoms with Gasteiger partial charge in [-0.2, -0.15) is 0 Å². The van der Waals surface area contributed by atoms with Crippen LogP contribution in [0.4, 0.5) is 0 Å². The van der Waals surface area contributed by atoms with Gasteiger partial charge in [-0.3, -0.25) is 0 Å². The van der Waals surface area contributed by atoms with Crippen LogP contribution < -0.4 is 0 Å². The van der Waals surface area contributed by atoms with Gasteiger partial charge >= 0.3 is 0 Å². The molecule has 0 atom stereocenters. The second kappa shape index (κ2) is 49.6. The zero-order chi connectivity index (χ0) is 36.6. The first-order chi connectivity index (χ1) is 25.4. The molecule has 0 aromatic heterocycles. The second-order valence-corrected chi connectivity index (χ2v) is 12.7. The Morgan fingerprint density at radius 1 is 0.157 bits per heavy atom. The Hall–Kier alpha value is -0.440. The third-order valence-corrected chi connectivity index (χ3v) is 8.00. The van der Waals surface area contributed by atoms with E-state index in [9.17, 15) is 0 Å². The van der Waals surface area contributed by atoms with Crippen molar-refractivity contribution >= 4 is 0 Å².